The van der Waals surface area contributed by atoms with Crippen LogP contribution in [0.4, 0.5) is 21.7 Å². The van der Waals surface area contributed by atoms with Crippen molar-refractivity contribution in [3.05, 3.63) is 58.9 Å². The van der Waals surface area contributed by atoms with Gasteiger partial charge in [-0.25, -0.2) is 4.39 Å². The number of thioether (sulfide) groups is 1. The Morgan fingerprint density at radius 1 is 1.21 bits per heavy atom. The van der Waals surface area contributed by atoms with Crippen molar-refractivity contribution in [1.82, 2.24) is 14.8 Å². The second kappa shape index (κ2) is 7.81. The lowest BCUT2D eigenvalue weighted by molar-refractivity contribution is -0.113. The van der Waals surface area contributed by atoms with Crippen molar-refractivity contribution in [3.8, 4) is 0 Å². The molecule has 3 aromatic rings. The highest BCUT2D eigenvalue weighted by Gasteiger charge is 2.26. The maximum atomic E-state index is 13.1. The Labute approximate surface area is 170 Å². The molecular weight excluding hydrogens is 401 g/mol. The van der Waals surface area contributed by atoms with Gasteiger partial charge >= 0.3 is 0 Å². The van der Waals surface area contributed by atoms with Crippen LogP contribution in [0.2, 0.25) is 5.02 Å². The Balaban J connectivity index is 1.40. The second-order valence-electron chi connectivity index (χ2n) is 6.36. The Morgan fingerprint density at radius 3 is 2.75 bits per heavy atom. The summed E-state index contributed by atoms with van der Waals surface area (Å²) in [6.45, 7) is 3.33. The van der Waals surface area contributed by atoms with E-state index in [2.05, 4.69) is 15.5 Å². The summed E-state index contributed by atoms with van der Waals surface area (Å²) >= 11 is 7.41. The first kappa shape index (κ1) is 18.8. The predicted molar refractivity (Wildman–Crippen MR) is 109 cm³/mol. The molecule has 1 aliphatic heterocycles. The van der Waals surface area contributed by atoms with E-state index in [4.69, 9.17) is 11.6 Å². The first-order valence-electron chi connectivity index (χ1n) is 8.66. The molecule has 0 saturated heterocycles. The highest BCUT2D eigenvalue weighted by atomic mass is 35.5. The lowest BCUT2D eigenvalue weighted by Crippen LogP contribution is -2.15. The van der Waals surface area contributed by atoms with E-state index in [1.807, 2.05) is 28.5 Å². The monoisotopic (exact) mass is 417 g/mol. The van der Waals surface area contributed by atoms with Crippen LogP contribution in [0.5, 0.6) is 0 Å². The van der Waals surface area contributed by atoms with Crippen LogP contribution in [-0.2, 0) is 11.3 Å². The van der Waals surface area contributed by atoms with Gasteiger partial charge < -0.3 is 10.2 Å². The molecule has 0 fully saturated rings. The van der Waals surface area contributed by atoms with E-state index in [0.29, 0.717) is 28.4 Å². The number of rotatable bonds is 5. The number of hydrogen-bond acceptors (Lipinski definition) is 5. The van der Waals surface area contributed by atoms with E-state index in [1.165, 1.54) is 23.9 Å². The van der Waals surface area contributed by atoms with Crippen LogP contribution in [0, 0.1) is 12.7 Å². The van der Waals surface area contributed by atoms with Gasteiger partial charge in [0.2, 0.25) is 11.9 Å². The summed E-state index contributed by atoms with van der Waals surface area (Å²) in [5.74, 6) is 0.484. The van der Waals surface area contributed by atoms with Gasteiger partial charge in [-0.15, -0.1) is 10.2 Å². The summed E-state index contributed by atoms with van der Waals surface area (Å²) < 4.78 is 15.1. The number of carbonyl (C=O) groups is 1. The van der Waals surface area contributed by atoms with E-state index in [9.17, 15) is 9.18 Å². The van der Waals surface area contributed by atoms with Crippen molar-refractivity contribution in [2.24, 2.45) is 0 Å². The van der Waals surface area contributed by atoms with Gasteiger partial charge in [0.15, 0.2) is 5.16 Å². The third-order valence-electron chi connectivity index (χ3n) is 4.41. The average Bonchev–Trinajstić information content (AvgIpc) is 3.26. The van der Waals surface area contributed by atoms with E-state index in [1.54, 1.807) is 18.2 Å². The smallest absolute Gasteiger partial charge is 0.234 e. The summed E-state index contributed by atoms with van der Waals surface area (Å²) in [7, 11) is 0. The minimum atomic E-state index is -0.276. The van der Waals surface area contributed by atoms with Gasteiger partial charge in [-0.1, -0.05) is 29.4 Å². The molecule has 1 aliphatic rings. The van der Waals surface area contributed by atoms with Crippen LogP contribution >= 0.6 is 23.4 Å². The highest BCUT2D eigenvalue weighted by Crippen LogP contribution is 2.32. The minimum absolute atomic E-state index is 0.143. The topological polar surface area (TPSA) is 63.1 Å². The van der Waals surface area contributed by atoms with Gasteiger partial charge in [0.25, 0.3) is 0 Å². The fraction of sp³-hybridized carbons (Fsp3) is 0.211. The maximum Gasteiger partial charge on any atom is 0.234 e. The lowest BCUT2D eigenvalue weighted by atomic mass is 10.2. The number of benzene rings is 2. The van der Waals surface area contributed by atoms with Crippen LogP contribution in [0.3, 0.4) is 0 Å². The normalized spacial score (nSPS) is 12.9. The van der Waals surface area contributed by atoms with Crippen molar-refractivity contribution >= 4 is 46.6 Å². The summed E-state index contributed by atoms with van der Waals surface area (Å²) in [5, 5.41) is 12.6. The van der Waals surface area contributed by atoms with E-state index >= 15 is 0 Å². The highest BCUT2D eigenvalue weighted by molar-refractivity contribution is 7.99. The molecule has 4 rings (SSSR count). The van der Waals surface area contributed by atoms with Crippen molar-refractivity contribution < 1.29 is 9.18 Å². The molecule has 0 atom stereocenters. The van der Waals surface area contributed by atoms with Crippen molar-refractivity contribution in [2.45, 2.75) is 18.6 Å². The number of aromatic nitrogens is 3. The number of aryl methyl sites for hydroxylation is 1. The zero-order valence-corrected chi connectivity index (χ0v) is 16.6. The van der Waals surface area contributed by atoms with Gasteiger partial charge in [-0.05, 0) is 48.9 Å². The van der Waals surface area contributed by atoms with E-state index < -0.39 is 0 Å². The number of carbonyl (C=O) groups excluding carboxylic acids is 1. The number of nitrogens with zero attached hydrogens (tertiary/aromatic N) is 4. The number of nitrogens with one attached hydrogen (secondary N) is 1. The number of anilines is 3. The van der Waals surface area contributed by atoms with Gasteiger partial charge in [0, 0.05) is 29.5 Å². The molecule has 1 aromatic heterocycles. The van der Waals surface area contributed by atoms with Gasteiger partial charge in [-0.2, -0.15) is 0 Å². The standard InChI is InChI=1S/C19H17ClFN5OS/c1-12-2-5-14(10-16(12)20)22-17(27)11-28-19-24-23-18-25(8-9-26(18)19)15-6-3-13(21)4-7-15/h2-7,10H,8-9,11H2,1H3,(H,22,27). The Hall–Kier alpha value is -2.58. The molecular formula is C19H17ClFN5OS. The minimum Gasteiger partial charge on any atom is -0.325 e. The first-order chi connectivity index (χ1) is 13.5. The Kier molecular flexibility index (Phi) is 5.23. The molecule has 144 valence electrons. The van der Waals surface area contributed by atoms with Crippen molar-refractivity contribution in [2.75, 3.05) is 22.5 Å². The SMILES string of the molecule is Cc1ccc(NC(=O)CSc2nnc3n2CCN3c2ccc(F)cc2)cc1Cl. The summed E-state index contributed by atoms with van der Waals surface area (Å²) in [5.41, 5.74) is 2.48. The molecule has 1 amide bonds. The summed E-state index contributed by atoms with van der Waals surface area (Å²) in [4.78, 5) is 14.2. The molecule has 0 bridgehead atoms. The van der Waals surface area contributed by atoms with Crippen LogP contribution < -0.4 is 10.2 Å². The van der Waals surface area contributed by atoms with Crippen LogP contribution in [0.1, 0.15) is 5.56 Å². The van der Waals surface area contributed by atoms with Crippen molar-refractivity contribution in [1.29, 1.82) is 0 Å². The zero-order chi connectivity index (χ0) is 19.7. The van der Waals surface area contributed by atoms with Gasteiger partial charge in [0.05, 0.1) is 5.75 Å². The second-order valence-corrected chi connectivity index (χ2v) is 7.71. The molecule has 2 heterocycles. The molecule has 2 aromatic carbocycles. The Morgan fingerprint density at radius 2 is 2.00 bits per heavy atom. The predicted octanol–water partition coefficient (Wildman–Crippen LogP) is 4.26. The number of hydrogen-bond donors (Lipinski definition) is 1. The number of fused-ring (bicyclic) bond motifs is 1. The Bertz CT molecular complexity index is 1020. The van der Waals surface area contributed by atoms with Gasteiger partial charge in [-0.3, -0.25) is 9.36 Å². The quantitative estimate of drug-likeness (QED) is 0.628. The lowest BCUT2D eigenvalue weighted by Gasteiger charge is -2.14. The molecule has 0 spiro atoms. The van der Waals surface area contributed by atoms with E-state index in [0.717, 1.165) is 17.8 Å². The van der Waals surface area contributed by atoms with Crippen LogP contribution in [0.15, 0.2) is 47.6 Å². The third-order valence-corrected chi connectivity index (χ3v) is 5.79. The molecule has 9 heteroatoms. The average molecular weight is 418 g/mol. The molecule has 0 unspecified atom stereocenters. The summed E-state index contributed by atoms with van der Waals surface area (Å²) in [6.07, 6.45) is 0. The van der Waals surface area contributed by atoms with Gasteiger partial charge in [0.1, 0.15) is 5.82 Å². The molecule has 0 radical (unpaired) electrons. The molecule has 0 saturated carbocycles. The van der Waals surface area contributed by atoms with E-state index in [-0.39, 0.29) is 17.5 Å². The number of amides is 1. The summed E-state index contributed by atoms with van der Waals surface area (Å²) in [6, 6.07) is 11.7. The first-order valence-corrected chi connectivity index (χ1v) is 10.0. The van der Waals surface area contributed by atoms with Crippen molar-refractivity contribution in [3.63, 3.8) is 0 Å². The molecule has 0 aliphatic carbocycles. The molecule has 1 N–H and O–H groups in total. The molecule has 28 heavy (non-hydrogen) atoms. The maximum absolute atomic E-state index is 13.1. The largest absolute Gasteiger partial charge is 0.325 e. The fourth-order valence-corrected chi connectivity index (χ4v) is 3.89. The van der Waals surface area contributed by atoms with Crippen LogP contribution in [-0.4, -0.2) is 33.0 Å². The third kappa shape index (κ3) is 3.83. The zero-order valence-electron chi connectivity index (χ0n) is 15.0. The van der Waals surface area contributed by atoms with Crippen LogP contribution in [0.25, 0.3) is 0 Å². The number of halogens is 2. The molecule has 6 nitrogen and oxygen atoms in total. The fourth-order valence-electron chi connectivity index (χ4n) is 2.95.